The van der Waals surface area contributed by atoms with Gasteiger partial charge in [0.05, 0.1) is 25.8 Å². The largest absolute Gasteiger partial charge is 0.495 e. The van der Waals surface area contributed by atoms with Crippen LogP contribution in [0.25, 0.3) is 0 Å². The number of aryl methyl sites for hydroxylation is 1. The predicted molar refractivity (Wildman–Crippen MR) is 109 cm³/mol. The monoisotopic (exact) mass is 426 g/mol. The first-order valence-corrected chi connectivity index (χ1v) is 10.3. The normalized spacial score (nSPS) is 11.4. The number of amides is 1. The summed E-state index contributed by atoms with van der Waals surface area (Å²) in [4.78, 5) is 12.4. The summed E-state index contributed by atoms with van der Waals surface area (Å²) in [6.45, 7) is 3.22. The van der Waals surface area contributed by atoms with E-state index in [-0.39, 0.29) is 23.7 Å². The van der Waals surface area contributed by atoms with E-state index < -0.39 is 15.9 Å². The number of ether oxygens (including phenoxy) is 2. The molecule has 152 valence electrons. The molecule has 28 heavy (non-hydrogen) atoms. The van der Waals surface area contributed by atoms with Crippen LogP contribution in [-0.4, -0.2) is 45.9 Å². The Bertz CT molecular complexity index is 963. The minimum atomic E-state index is -3.92. The van der Waals surface area contributed by atoms with Crippen molar-refractivity contribution in [1.29, 1.82) is 0 Å². The van der Waals surface area contributed by atoms with Gasteiger partial charge >= 0.3 is 0 Å². The van der Waals surface area contributed by atoms with Gasteiger partial charge < -0.3 is 14.8 Å². The maximum atomic E-state index is 13.0. The van der Waals surface area contributed by atoms with Crippen LogP contribution in [0.1, 0.15) is 12.5 Å². The fourth-order valence-electron chi connectivity index (χ4n) is 2.60. The minimum Gasteiger partial charge on any atom is -0.495 e. The number of hydrogen-bond acceptors (Lipinski definition) is 5. The van der Waals surface area contributed by atoms with Gasteiger partial charge in [-0.3, -0.25) is 4.79 Å². The van der Waals surface area contributed by atoms with E-state index in [1.165, 1.54) is 26.4 Å². The van der Waals surface area contributed by atoms with Gasteiger partial charge in [-0.05, 0) is 42.8 Å². The van der Waals surface area contributed by atoms with Gasteiger partial charge in [0.15, 0.2) is 0 Å². The summed E-state index contributed by atoms with van der Waals surface area (Å²) >= 11 is 6.05. The number of likely N-dealkylation sites (N-methyl/N-ethyl adjacent to an activating group) is 1. The van der Waals surface area contributed by atoms with Crippen molar-refractivity contribution in [3.05, 3.63) is 47.0 Å². The number of halogens is 1. The first-order valence-electron chi connectivity index (χ1n) is 8.51. The summed E-state index contributed by atoms with van der Waals surface area (Å²) < 4.78 is 37.4. The number of nitrogens with one attached hydrogen (secondary N) is 1. The molecule has 2 rings (SSSR count). The van der Waals surface area contributed by atoms with Crippen LogP contribution < -0.4 is 14.8 Å². The van der Waals surface area contributed by atoms with Crippen molar-refractivity contribution in [2.45, 2.75) is 18.7 Å². The Morgan fingerprint density at radius 3 is 2.32 bits per heavy atom. The number of methoxy groups -OCH3 is 2. The summed E-state index contributed by atoms with van der Waals surface area (Å²) in [5.41, 5.74) is 1.21. The molecular weight excluding hydrogens is 404 g/mol. The Labute approximate surface area is 170 Å². The summed E-state index contributed by atoms with van der Waals surface area (Å²) in [6.07, 6.45) is 0. The number of hydrogen-bond donors (Lipinski definition) is 1. The summed E-state index contributed by atoms with van der Waals surface area (Å²) in [5.74, 6) is 0.216. The van der Waals surface area contributed by atoms with Crippen molar-refractivity contribution in [3.8, 4) is 11.5 Å². The molecule has 0 aliphatic heterocycles. The zero-order valence-corrected chi connectivity index (χ0v) is 17.7. The molecule has 0 spiro atoms. The summed E-state index contributed by atoms with van der Waals surface area (Å²) in [7, 11) is -1.03. The lowest BCUT2D eigenvalue weighted by Crippen LogP contribution is -2.38. The van der Waals surface area contributed by atoms with Crippen molar-refractivity contribution in [2.75, 3.05) is 32.6 Å². The van der Waals surface area contributed by atoms with E-state index in [1.54, 1.807) is 38.1 Å². The molecule has 1 N–H and O–H groups in total. The van der Waals surface area contributed by atoms with Crippen molar-refractivity contribution < 1.29 is 22.7 Å². The lowest BCUT2D eigenvalue weighted by Gasteiger charge is -2.21. The highest BCUT2D eigenvalue weighted by Gasteiger charge is 2.28. The molecule has 9 heteroatoms. The molecule has 1 amide bonds. The average molecular weight is 427 g/mol. The average Bonchev–Trinajstić information content (AvgIpc) is 2.66. The van der Waals surface area contributed by atoms with Crippen LogP contribution in [0.2, 0.25) is 5.02 Å². The molecule has 2 aromatic rings. The van der Waals surface area contributed by atoms with Gasteiger partial charge in [0.1, 0.15) is 16.4 Å². The summed E-state index contributed by atoms with van der Waals surface area (Å²) in [5, 5.41) is 2.98. The lowest BCUT2D eigenvalue weighted by atomic mass is 10.2. The third-order valence-electron chi connectivity index (χ3n) is 4.05. The predicted octanol–water partition coefficient (Wildman–Crippen LogP) is 3.31. The zero-order valence-electron chi connectivity index (χ0n) is 16.2. The molecule has 0 radical (unpaired) electrons. The second kappa shape index (κ2) is 9.27. The zero-order chi connectivity index (χ0) is 20.9. The Morgan fingerprint density at radius 1 is 1.11 bits per heavy atom. The summed E-state index contributed by atoms with van der Waals surface area (Å²) in [6, 6.07) is 9.65. The van der Waals surface area contributed by atoms with E-state index in [9.17, 15) is 13.2 Å². The molecule has 0 aromatic heterocycles. The van der Waals surface area contributed by atoms with Crippen LogP contribution in [0.5, 0.6) is 11.5 Å². The van der Waals surface area contributed by atoms with Crippen LogP contribution in [0.3, 0.4) is 0 Å². The number of sulfonamides is 1. The van der Waals surface area contributed by atoms with Gasteiger partial charge in [-0.2, -0.15) is 4.31 Å². The number of nitrogens with zero attached hydrogens (tertiary/aromatic N) is 1. The third-order valence-corrected chi connectivity index (χ3v) is 6.28. The highest BCUT2D eigenvalue weighted by Crippen LogP contribution is 2.29. The van der Waals surface area contributed by atoms with Crippen molar-refractivity contribution in [1.82, 2.24) is 4.31 Å². The molecule has 0 saturated heterocycles. The molecular formula is C19H23ClN2O5S. The fourth-order valence-corrected chi connectivity index (χ4v) is 4.50. The molecule has 0 fully saturated rings. The van der Waals surface area contributed by atoms with Crippen LogP contribution >= 0.6 is 11.6 Å². The molecule has 0 unspecified atom stereocenters. The van der Waals surface area contributed by atoms with E-state index in [4.69, 9.17) is 21.1 Å². The molecule has 0 aliphatic carbocycles. The quantitative estimate of drug-likeness (QED) is 0.699. The van der Waals surface area contributed by atoms with Gasteiger partial charge in [0, 0.05) is 12.2 Å². The standard InChI is InChI=1S/C19H23ClN2O5S/c1-5-22(28(24,25)18-10-13(2)6-8-17(18)27-4)12-19(23)21-14-7-9-16(26-3)15(20)11-14/h6-11H,5,12H2,1-4H3,(H,21,23). The van der Waals surface area contributed by atoms with Crippen LogP contribution in [-0.2, 0) is 14.8 Å². The number of carbonyl (C=O) groups is 1. The highest BCUT2D eigenvalue weighted by atomic mass is 35.5. The van der Waals surface area contributed by atoms with Gasteiger partial charge in [0.2, 0.25) is 15.9 Å². The smallest absolute Gasteiger partial charge is 0.247 e. The van der Waals surface area contributed by atoms with Crippen molar-refractivity contribution >= 4 is 33.2 Å². The van der Waals surface area contributed by atoms with E-state index in [2.05, 4.69) is 5.32 Å². The molecule has 0 heterocycles. The number of benzene rings is 2. The molecule has 0 saturated carbocycles. The van der Waals surface area contributed by atoms with Crippen LogP contribution in [0, 0.1) is 6.92 Å². The number of carbonyl (C=O) groups excluding carboxylic acids is 1. The lowest BCUT2D eigenvalue weighted by molar-refractivity contribution is -0.116. The SMILES string of the molecule is CCN(CC(=O)Nc1ccc(OC)c(Cl)c1)S(=O)(=O)c1cc(C)ccc1OC. The first kappa shape index (κ1) is 22.0. The van der Waals surface area contributed by atoms with Gasteiger partial charge in [0.25, 0.3) is 0 Å². The topological polar surface area (TPSA) is 84.9 Å². The van der Waals surface area contributed by atoms with Crippen LogP contribution in [0.15, 0.2) is 41.3 Å². The van der Waals surface area contributed by atoms with Crippen molar-refractivity contribution in [2.24, 2.45) is 0 Å². The maximum absolute atomic E-state index is 13.0. The Morgan fingerprint density at radius 2 is 1.75 bits per heavy atom. The maximum Gasteiger partial charge on any atom is 0.247 e. The Kier molecular flexibility index (Phi) is 7.29. The molecule has 0 atom stereocenters. The Hall–Kier alpha value is -2.29. The second-order valence-electron chi connectivity index (χ2n) is 5.98. The van der Waals surface area contributed by atoms with Gasteiger partial charge in [-0.15, -0.1) is 0 Å². The fraction of sp³-hybridized carbons (Fsp3) is 0.316. The van der Waals surface area contributed by atoms with E-state index in [0.29, 0.717) is 16.5 Å². The van der Waals surface area contributed by atoms with Crippen LogP contribution in [0.4, 0.5) is 5.69 Å². The molecule has 7 nitrogen and oxygen atoms in total. The third kappa shape index (κ3) is 4.95. The van der Waals surface area contributed by atoms with E-state index in [0.717, 1.165) is 9.87 Å². The minimum absolute atomic E-state index is 0.0251. The van der Waals surface area contributed by atoms with E-state index in [1.807, 2.05) is 0 Å². The number of anilines is 1. The molecule has 0 bridgehead atoms. The highest BCUT2D eigenvalue weighted by molar-refractivity contribution is 7.89. The van der Waals surface area contributed by atoms with Gasteiger partial charge in [-0.25, -0.2) is 8.42 Å². The second-order valence-corrected chi connectivity index (χ2v) is 8.30. The Balaban J connectivity index is 2.22. The molecule has 0 aliphatic rings. The van der Waals surface area contributed by atoms with Crippen molar-refractivity contribution in [3.63, 3.8) is 0 Å². The first-order chi connectivity index (χ1) is 13.2. The number of rotatable bonds is 8. The van der Waals surface area contributed by atoms with Gasteiger partial charge in [-0.1, -0.05) is 24.6 Å². The molecule has 2 aromatic carbocycles. The van der Waals surface area contributed by atoms with E-state index >= 15 is 0 Å².